The fraction of sp³-hybridized carbons (Fsp3) is 0.455. The zero-order valence-electron chi connectivity index (χ0n) is 26.5. The Morgan fingerprint density at radius 1 is 1.04 bits per heavy atom. The van der Waals surface area contributed by atoms with E-state index in [1.165, 1.54) is 0 Å². The van der Waals surface area contributed by atoms with E-state index in [0.29, 0.717) is 24.5 Å². The predicted octanol–water partition coefficient (Wildman–Crippen LogP) is 5.22. The van der Waals surface area contributed by atoms with Crippen LogP contribution in [0.15, 0.2) is 48.7 Å². The lowest BCUT2D eigenvalue weighted by atomic mass is 9.85. The number of ether oxygens (including phenoxy) is 1. The number of urea groups is 1. The Morgan fingerprint density at radius 2 is 1.80 bits per heavy atom. The van der Waals surface area contributed by atoms with Crippen LogP contribution in [0.3, 0.4) is 0 Å². The van der Waals surface area contributed by atoms with Crippen molar-refractivity contribution < 1.29 is 19.4 Å². The first-order valence-electron chi connectivity index (χ1n) is 15.6. The SMILES string of the molecule is CCC(CC)c1nnc2ccc(O[C@@H]3CC[C@H](NC(=O)Nc4cc(C(C)(C)C)nc(C(=O)NCCO)n4)c4ccccc43)cn12. The Bertz CT molecular complexity index is 1660. The van der Waals surface area contributed by atoms with Gasteiger partial charge in [0, 0.05) is 23.9 Å². The van der Waals surface area contributed by atoms with Crippen molar-refractivity contribution in [2.24, 2.45) is 0 Å². The number of pyridine rings is 1. The van der Waals surface area contributed by atoms with Gasteiger partial charge in [-0.25, -0.2) is 14.8 Å². The molecule has 12 nitrogen and oxygen atoms in total. The summed E-state index contributed by atoms with van der Waals surface area (Å²) in [6.07, 6.45) is 5.10. The van der Waals surface area contributed by atoms with Crippen LogP contribution >= 0.6 is 0 Å². The normalized spacial score (nSPS) is 16.3. The van der Waals surface area contributed by atoms with Crippen LogP contribution in [0.5, 0.6) is 5.75 Å². The number of aliphatic hydroxyl groups excluding tert-OH is 1. The molecule has 0 bridgehead atoms. The quantitative estimate of drug-likeness (QED) is 0.190. The second kappa shape index (κ2) is 13.6. The van der Waals surface area contributed by atoms with Gasteiger partial charge in [-0.1, -0.05) is 58.9 Å². The number of carbonyl (C=O) groups excluding carboxylic acids is 2. The highest BCUT2D eigenvalue weighted by atomic mass is 16.5. The number of nitrogens with zero attached hydrogens (tertiary/aromatic N) is 5. The molecule has 0 saturated heterocycles. The molecule has 12 heteroatoms. The highest BCUT2D eigenvalue weighted by Crippen LogP contribution is 2.39. The molecule has 3 amide bonds. The number of fused-ring (bicyclic) bond motifs is 2. The molecule has 45 heavy (non-hydrogen) atoms. The predicted molar refractivity (Wildman–Crippen MR) is 170 cm³/mol. The average molecular weight is 615 g/mol. The summed E-state index contributed by atoms with van der Waals surface area (Å²) in [5, 5.41) is 26.3. The van der Waals surface area contributed by atoms with Crippen molar-refractivity contribution in [3.05, 3.63) is 77.1 Å². The largest absolute Gasteiger partial charge is 0.484 e. The van der Waals surface area contributed by atoms with Gasteiger partial charge in [-0.2, -0.15) is 0 Å². The van der Waals surface area contributed by atoms with E-state index in [1.54, 1.807) is 6.07 Å². The van der Waals surface area contributed by atoms with E-state index in [1.807, 2.05) is 67.8 Å². The minimum Gasteiger partial charge on any atom is -0.484 e. The molecule has 5 rings (SSSR count). The van der Waals surface area contributed by atoms with Crippen molar-refractivity contribution in [1.29, 1.82) is 0 Å². The number of carbonyl (C=O) groups is 2. The van der Waals surface area contributed by atoms with E-state index in [-0.39, 0.29) is 36.9 Å². The molecule has 1 aliphatic rings. The highest BCUT2D eigenvalue weighted by Gasteiger charge is 2.30. The topological polar surface area (TPSA) is 156 Å². The fourth-order valence-electron chi connectivity index (χ4n) is 5.63. The van der Waals surface area contributed by atoms with Gasteiger partial charge in [-0.05, 0) is 48.9 Å². The van der Waals surface area contributed by atoms with Crippen LogP contribution in [0.25, 0.3) is 5.65 Å². The number of benzene rings is 1. The molecule has 3 aromatic heterocycles. The molecule has 2 atom stereocenters. The smallest absolute Gasteiger partial charge is 0.320 e. The first-order valence-corrected chi connectivity index (χ1v) is 15.6. The molecule has 0 saturated carbocycles. The zero-order chi connectivity index (χ0) is 32.1. The van der Waals surface area contributed by atoms with E-state index in [4.69, 9.17) is 9.84 Å². The van der Waals surface area contributed by atoms with E-state index in [9.17, 15) is 9.59 Å². The molecule has 0 radical (unpaired) electrons. The summed E-state index contributed by atoms with van der Waals surface area (Å²) >= 11 is 0. The molecular weight excluding hydrogens is 572 g/mol. The summed E-state index contributed by atoms with van der Waals surface area (Å²) in [6.45, 7) is 10.1. The van der Waals surface area contributed by atoms with Crippen LogP contribution in [0, 0.1) is 0 Å². The maximum atomic E-state index is 13.3. The van der Waals surface area contributed by atoms with Crippen LogP contribution in [-0.2, 0) is 5.41 Å². The highest BCUT2D eigenvalue weighted by molar-refractivity contribution is 5.92. The third-order valence-corrected chi connectivity index (χ3v) is 8.11. The van der Waals surface area contributed by atoms with Crippen molar-refractivity contribution in [3.63, 3.8) is 0 Å². The lowest BCUT2D eigenvalue weighted by Crippen LogP contribution is -2.36. The van der Waals surface area contributed by atoms with Gasteiger partial charge in [0.15, 0.2) is 5.65 Å². The van der Waals surface area contributed by atoms with Crippen molar-refractivity contribution in [2.45, 2.75) is 83.8 Å². The van der Waals surface area contributed by atoms with E-state index < -0.39 is 17.4 Å². The number of hydrogen-bond donors (Lipinski definition) is 4. The van der Waals surface area contributed by atoms with Crippen LogP contribution < -0.4 is 20.7 Å². The van der Waals surface area contributed by atoms with Gasteiger partial charge in [0.25, 0.3) is 5.91 Å². The molecule has 4 N–H and O–H groups in total. The van der Waals surface area contributed by atoms with E-state index >= 15 is 0 Å². The fourth-order valence-corrected chi connectivity index (χ4v) is 5.63. The first-order chi connectivity index (χ1) is 21.6. The third kappa shape index (κ3) is 7.22. The van der Waals surface area contributed by atoms with Gasteiger partial charge in [0.05, 0.1) is 24.5 Å². The Morgan fingerprint density at radius 3 is 2.51 bits per heavy atom. The van der Waals surface area contributed by atoms with E-state index in [2.05, 4.69) is 50.0 Å². The minimum atomic E-state index is -0.527. The molecule has 0 spiro atoms. The molecule has 0 fully saturated rings. The number of aromatic nitrogens is 5. The van der Waals surface area contributed by atoms with Gasteiger partial charge in [-0.15, -0.1) is 10.2 Å². The Kier molecular flexibility index (Phi) is 9.62. The molecule has 238 valence electrons. The van der Waals surface area contributed by atoms with Crippen LogP contribution in [0.4, 0.5) is 10.6 Å². The van der Waals surface area contributed by atoms with Crippen molar-refractivity contribution in [2.75, 3.05) is 18.5 Å². The number of anilines is 1. The first kappa shape index (κ1) is 31.8. The number of rotatable bonds is 10. The standard InChI is InChI=1S/C33H42N8O4/c1-6-20(7-2)30-40-39-28-15-12-21(19-41(28)30)45-25-14-13-24(22-10-8-9-11-23(22)25)35-32(44)38-27-18-26(33(3,4)5)36-29(37-27)31(43)34-16-17-42/h8-12,15,18-20,24-25,42H,6-7,13-14,16-17H2,1-5H3,(H,34,43)(H2,35,36,37,38,44)/t24-,25+/m0/s1. The second-order valence-electron chi connectivity index (χ2n) is 12.3. The van der Waals surface area contributed by atoms with Crippen molar-refractivity contribution >= 4 is 23.4 Å². The third-order valence-electron chi connectivity index (χ3n) is 8.11. The zero-order valence-corrected chi connectivity index (χ0v) is 26.5. The summed E-state index contributed by atoms with van der Waals surface area (Å²) in [7, 11) is 0. The summed E-state index contributed by atoms with van der Waals surface area (Å²) in [6, 6.07) is 12.8. The lowest BCUT2D eigenvalue weighted by Gasteiger charge is -2.32. The molecule has 4 aromatic rings. The summed E-state index contributed by atoms with van der Waals surface area (Å²) < 4.78 is 8.57. The number of aliphatic hydroxyl groups is 1. The lowest BCUT2D eigenvalue weighted by molar-refractivity contribution is 0.0934. The number of hydrogen-bond acceptors (Lipinski definition) is 8. The molecule has 1 aliphatic carbocycles. The van der Waals surface area contributed by atoms with Crippen LogP contribution in [-0.4, -0.2) is 54.8 Å². The average Bonchev–Trinajstić information content (AvgIpc) is 3.44. The molecule has 1 aromatic carbocycles. The van der Waals surface area contributed by atoms with Gasteiger partial charge >= 0.3 is 6.03 Å². The van der Waals surface area contributed by atoms with Crippen LogP contribution in [0.2, 0.25) is 0 Å². The van der Waals surface area contributed by atoms with E-state index in [0.717, 1.165) is 41.2 Å². The summed E-state index contributed by atoms with van der Waals surface area (Å²) in [5.74, 6) is 1.60. The number of amides is 3. The number of nitrogens with one attached hydrogen (secondary N) is 3. The van der Waals surface area contributed by atoms with Crippen molar-refractivity contribution in [1.82, 2.24) is 35.2 Å². The molecule has 0 unspecified atom stereocenters. The minimum absolute atomic E-state index is 0.0750. The Balaban J connectivity index is 1.32. The van der Waals surface area contributed by atoms with Crippen molar-refractivity contribution in [3.8, 4) is 5.75 Å². The molecular formula is C33H42N8O4. The van der Waals surface area contributed by atoms with Crippen LogP contribution in [0.1, 0.15) is 112 Å². The Labute approximate surface area is 263 Å². The maximum absolute atomic E-state index is 13.3. The monoisotopic (exact) mass is 614 g/mol. The second-order valence-corrected chi connectivity index (χ2v) is 12.3. The Hall–Kier alpha value is -4.58. The summed E-state index contributed by atoms with van der Waals surface area (Å²) in [5.41, 5.74) is 2.99. The molecule has 3 heterocycles. The summed E-state index contributed by atoms with van der Waals surface area (Å²) in [4.78, 5) is 34.5. The van der Waals surface area contributed by atoms with Gasteiger partial charge in [-0.3, -0.25) is 14.5 Å². The van der Waals surface area contributed by atoms with Gasteiger partial charge in [0.1, 0.15) is 23.5 Å². The van der Waals surface area contributed by atoms with Gasteiger partial charge < -0.3 is 20.5 Å². The maximum Gasteiger partial charge on any atom is 0.320 e. The molecule has 0 aliphatic heterocycles. The van der Waals surface area contributed by atoms with Gasteiger partial charge in [0.2, 0.25) is 5.82 Å².